The predicted molar refractivity (Wildman–Crippen MR) is 65.1 cm³/mol. The van der Waals surface area contributed by atoms with E-state index in [1.807, 2.05) is 12.1 Å². The number of rotatable bonds is 4. The van der Waals surface area contributed by atoms with Crippen LogP contribution in [0.4, 0.5) is 0 Å². The van der Waals surface area contributed by atoms with Crippen LogP contribution in [0, 0.1) is 6.92 Å². The van der Waals surface area contributed by atoms with Crippen LogP contribution >= 0.6 is 0 Å². The third-order valence-corrected chi connectivity index (χ3v) is 2.81. The lowest BCUT2D eigenvalue weighted by Crippen LogP contribution is -2.11. The summed E-state index contributed by atoms with van der Waals surface area (Å²) in [5.74, 6) is -0.229. The van der Waals surface area contributed by atoms with E-state index in [0.717, 1.165) is 13.0 Å². The minimum absolute atomic E-state index is 0.229. The molecule has 0 spiro atoms. The molecule has 0 saturated carbocycles. The highest BCUT2D eigenvalue weighted by Gasteiger charge is 2.04. The quantitative estimate of drug-likeness (QED) is 0.837. The van der Waals surface area contributed by atoms with Gasteiger partial charge in [-0.3, -0.25) is 4.79 Å². The first-order valence-electron chi connectivity index (χ1n) is 5.51. The van der Waals surface area contributed by atoms with Crippen molar-refractivity contribution in [2.75, 3.05) is 0 Å². The molecule has 2 N–H and O–H groups in total. The van der Waals surface area contributed by atoms with Crippen molar-refractivity contribution < 1.29 is 4.79 Å². The molecule has 0 aliphatic heterocycles. The number of nitrogens with zero attached hydrogens (tertiary/aromatic N) is 1. The number of hydrogen-bond acceptors (Lipinski definition) is 1. The highest BCUT2D eigenvalue weighted by atomic mass is 16.1. The van der Waals surface area contributed by atoms with Crippen LogP contribution in [0.3, 0.4) is 0 Å². The summed E-state index contributed by atoms with van der Waals surface area (Å²) in [6.45, 7) is 2.95. The Labute approximate surface area is 94.9 Å². The topological polar surface area (TPSA) is 48.0 Å². The Hall–Kier alpha value is -1.77. The number of amides is 1. The number of para-hydroxylation sites is 1. The van der Waals surface area contributed by atoms with Crippen LogP contribution in [0.2, 0.25) is 0 Å². The summed E-state index contributed by atoms with van der Waals surface area (Å²) in [6.07, 6.45) is 3.38. The summed E-state index contributed by atoms with van der Waals surface area (Å²) in [6, 6.07) is 8.30. The number of primary amides is 1. The number of hydrogen-bond donors (Lipinski definition) is 1. The van der Waals surface area contributed by atoms with Crippen molar-refractivity contribution in [2.45, 2.75) is 26.3 Å². The molecule has 0 bridgehead atoms. The number of benzene rings is 1. The average molecular weight is 216 g/mol. The zero-order chi connectivity index (χ0) is 11.5. The molecular weight excluding hydrogens is 200 g/mol. The first-order chi connectivity index (χ1) is 7.68. The van der Waals surface area contributed by atoms with Crippen LogP contribution in [-0.2, 0) is 11.3 Å². The van der Waals surface area contributed by atoms with Gasteiger partial charge in [0.25, 0.3) is 0 Å². The van der Waals surface area contributed by atoms with Crippen LogP contribution in [-0.4, -0.2) is 10.5 Å². The lowest BCUT2D eigenvalue weighted by Gasteiger charge is -2.03. The molecule has 1 aromatic heterocycles. The molecule has 2 rings (SSSR count). The van der Waals surface area contributed by atoms with Crippen LogP contribution in [0.15, 0.2) is 30.5 Å². The second-order valence-corrected chi connectivity index (χ2v) is 4.09. The lowest BCUT2D eigenvalue weighted by atomic mass is 10.2. The smallest absolute Gasteiger partial charge is 0.217 e. The molecule has 0 radical (unpaired) electrons. The molecule has 0 saturated heterocycles. The van der Waals surface area contributed by atoms with E-state index in [9.17, 15) is 4.79 Å². The summed E-state index contributed by atoms with van der Waals surface area (Å²) in [7, 11) is 0. The molecule has 2 aromatic rings. The molecule has 84 valence electrons. The number of fused-ring (bicyclic) bond motifs is 1. The fourth-order valence-corrected chi connectivity index (χ4v) is 2.04. The van der Waals surface area contributed by atoms with Crippen molar-refractivity contribution >= 4 is 16.8 Å². The fourth-order valence-electron chi connectivity index (χ4n) is 2.04. The van der Waals surface area contributed by atoms with Crippen LogP contribution in [0.5, 0.6) is 0 Å². The Morgan fingerprint density at radius 3 is 2.88 bits per heavy atom. The zero-order valence-electron chi connectivity index (χ0n) is 9.44. The average Bonchev–Trinajstić information content (AvgIpc) is 2.57. The molecule has 1 heterocycles. The van der Waals surface area contributed by atoms with Gasteiger partial charge in [0.2, 0.25) is 5.91 Å². The van der Waals surface area contributed by atoms with Gasteiger partial charge in [0.05, 0.1) is 0 Å². The Morgan fingerprint density at radius 1 is 1.38 bits per heavy atom. The number of carbonyl (C=O) groups is 1. The van der Waals surface area contributed by atoms with Gasteiger partial charge in [-0.25, -0.2) is 0 Å². The predicted octanol–water partition coefficient (Wildman–Crippen LogP) is 2.22. The molecular formula is C13H16N2O. The molecule has 16 heavy (non-hydrogen) atoms. The highest BCUT2D eigenvalue weighted by Crippen LogP contribution is 2.20. The van der Waals surface area contributed by atoms with Gasteiger partial charge < -0.3 is 10.3 Å². The van der Waals surface area contributed by atoms with E-state index in [0.29, 0.717) is 6.42 Å². The maximum atomic E-state index is 10.7. The molecule has 0 atom stereocenters. The molecule has 0 unspecified atom stereocenters. The largest absolute Gasteiger partial charge is 0.370 e. The highest BCUT2D eigenvalue weighted by molar-refractivity contribution is 5.83. The summed E-state index contributed by atoms with van der Waals surface area (Å²) in [5.41, 5.74) is 7.63. The molecule has 1 aromatic carbocycles. The van der Waals surface area contributed by atoms with Crippen LogP contribution in [0.25, 0.3) is 10.9 Å². The monoisotopic (exact) mass is 216 g/mol. The van der Waals surface area contributed by atoms with Crippen molar-refractivity contribution in [1.82, 2.24) is 4.57 Å². The maximum absolute atomic E-state index is 10.7. The van der Waals surface area contributed by atoms with E-state index < -0.39 is 0 Å². The Balaban J connectivity index is 2.21. The first-order valence-corrected chi connectivity index (χ1v) is 5.51. The van der Waals surface area contributed by atoms with Crippen molar-refractivity contribution in [3.05, 3.63) is 36.0 Å². The van der Waals surface area contributed by atoms with Crippen LogP contribution in [0.1, 0.15) is 18.4 Å². The van der Waals surface area contributed by atoms with Gasteiger partial charge in [-0.1, -0.05) is 18.2 Å². The van der Waals surface area contributed by atoms with E-state index in [4.69, 9.17) is 5.73 Å². The van der Waals surface area contributed by atoms with Crippen molar-refractivity contribution in [3.8, 4) is 0 Å². The van der Waals surface area contributed by atoms with Crippen molar-refractivity contribution in [3.63, 3.8) is 0 Å². The summed E-state index contributed by atoms with van der Waals surface area (Å²) in [5, 5.41) is 1.28. The maximum Gasteiger partial charge on any atom is 0.217 e. The first kappa shape index (κ1) is 10.7. The number of aromatic nitrogens is 1. The van der Waals surface area contributed by atoms with Gasteiger partial charge in [0.1, 0.15) is 0 Å². The van der Waals surface area contributed by atoms with E-state index in [1.54, 1.807) is 0 Å². The van der Waals surface area contributed by atoms with Gasteiger partial charge in [-0.05, 0) is 25.0 Å². The molecule has 0 aliphatic rings. The van der Waals surface area contributed by atoms with Gasteiger partial charge in [0.15, 0.2) is 0 Å². The normalized spacial score (nSPS) is 10.8. The molecule has 0 fully saturated rings. The standard InChI is InChI=1S/C13H16N2O/c1-10-9-15(8-4-7-13(14)16)12-6-3-2-5-11(10)12/h2-3,5-6,9H,4,7-8H2,1H3,(H2,14,16). The van der Waals surface area contributed by atoms with Crippen molar-refractivity contribution in [2.24, 2.45) is 5.73 Å². The molecule has 1 amide bonds. The fraction of sp³-hybridized carbons (Fsp3) is 0.308. The van der Waals surface area contributed by atoms with Gasteiger partial charge in [-0.2, -0.15) is 0 Å². The van der Waals surface area contributed by atoms with E-state index in [1.165, 1.54) is 16.5 Å². The Kier molecular flexibility index (Phi) is 2.95. The van der Waals surface area contributed by atoms with E-state index in [2.05, 4.69) is 29.8 Å². The Bertz CT molecular complexity index is 514. The van der Waals surface area contributed by atoms with E-state index in [-0.39, 0.29) is 5.91 Å². The lowest BCUT2D eigenvalue weighted by molar-refractivity contribution is -0.118. The number of aryl methyl sites for hydroxylation is 2. The van der Waals surface area contributed by atoms with Crippen LogP contribution < -0.4 is 5.73 Å². The van der Waals surface area contributed by atoms with Crippen molar-refractivity contribution in [1.29, 1.82) is 0 Å². The minimum Gasteiger partial charge on any atom is -0.370 e. The third kappa shape index (κ3) is 2.08. The summed E-state index contributed by atoms with van der Waals surface area (Å²) in [4.78, 5) is 10.7. The minimum atomic E-state index is -0.229. The number of nitrogens with two attached hydrogens (primary N) is 1. The molecule has 3 nitrogen and oxygen atoms in total. The molecule has 3 heteroatoms. The Morgan fingerprint density at radius 2 is 2.12 bits per heavy atom. The number of carbonyl (C=O) groups excluding carboxylic acids is 1. The van der Waals surface area contributed by atoms with Gasteiger partial charge in [-0.15, -0.1) is 0 Å². The van der Waals surface area contributed by atoms with Gasteiger partial charge in [0, 0.05) is 30.1 Å². The van der Waals surface area contributed by atoms with Gasteiger partial charge >= 0.3 is 0 Å². The van der Waals surface area contributed by atoms with E-state index >= 15 is 0 Å². The zero-order valence-corrected chi connectivity index (χ0v) is 9.44. The SMILES string of the molecule is Cc1cn(CCCC(N)=O)c2ccccc12. The second kappa shape index (κ2) is 4.39. The third-order valence-electron chi connectivity index (χ3n) is 2.81. The summed E-state index contributed by atoms with van der Waals surface area (Å²) >= 11 is 0. The second-order valence-electron chi connectivity index (χ2n) is 4.09. The summed E-state index contributed by atoms with van der Waals surface area (Å²) < 4.78 is 2.19. The molecule has 0 aliphatic carbocycles.